The van der Waals surface area contributed by atoms with Crippen molar-refractivity contribution in [3.8, 4) is 0 Å². The molecule has 1 aromatic carbocycles. The average molecular weight is 231 g/mol. The first kappa shape index (κ1) is 12.3. The Morgan fingerprint density at radius 3 is 2.71 bits per heavy atom. The molecule has 1 saturated heterocycles. The predicted molar refractivity (Wildman–Crippen MR) is 69.7 cm³/mol. The van der Waals surface area contributed by atoms with Gasteiger partial charge in [-0.1, -0.05) is 30.3 Å². The van der Waals surface area contributed by atoms with E-state index >= 15 is 0 Å². The number of likely N-dealkylation sites (tertiary alicyclic amines) is 1. The Kier molecular flexibility index (Phi) is 4.32. The number of hydrogen-bond acceptors (Lipinski definition) is 2. The molecular formula is C15H21NO. The van der Waals surface area contributed by atoms with Crippen LogP contribution in [0, 0.1) is 5.92 Å². The summed E-state index contributed by atoms with van der Waals surface area (Å²) in [7, 11) is 0. The van der Waals surface area contributed by atoms with Crippen molar-refractivity contribution in [1.29, 1.82) is 0 Å². The molecule has 17 heavy (non-hydrogen) atoms. The van der Waals surface area contributed by atoms with Crippen LogP contribution in [-0.4, -0.2) is 23.8 Å². The summed E-state index contributed by atoms with van der Waals surface area (Å²) in [6.45, 7) is 4.93. The summed E-state index contributed by atoms with van der Waals surface area (Å²) >= 11 is 0. The smallest absolute Gasteiger partial charge is 0.132 e. The molecular weight excluding hydrogens is 210 g/mol. The Labute approximate surface area is 104 Å². The average Bonchev–Trinajstić information content (AvgIpc) is 2.56. The van der Waals surface area contributed by atoms with Crippen molar-refractivity contribution in [1.82, 2.24) is 4.90 Å². The fourth-order valence-corrected chi connectivity index (χ4v) is 2.56. The molecule has 0 N–H and O–H groups in total. The molecule has 0 bridgehead atoms. The first-order valence-corrected chi connectivity index (χ1v) is 6.52. The van der Waals surface area contributed by atoms with Crippen molar-refractivity contribution in [3.05, 3.63) is 35.9 Å². The largest absolute Gasteiger partial charge is 0.300 e. The first-order chi connectivity index (χ1) is 8.25. The van der Waals surface area contributed by atoms with E-state index in [-0.39, 0.29) is 0 Å². The summed E-state index contributed by atoms with van der Waals surface area (Å²) in [5.74, 6) is 0.669. The van der Waals surface area contributed by atoms with Crippen molar-refractivity contribution < 1.29 is 4.79 Å². The minimum Gasteiger partial charge on any atom is -0.300 e. The highest BCUT2D eigenvalue weighted by atomic mass is 16.1. The fraction of sp³-hybridized carbons (Fsp3) is 0.533. The molecule has 1 fully saturated rings. The number of hydrogen-bond donors (Lipinski definition) is 0. The van der Waals surface area contributed by atoms with Gasteiger partial charge in [0.25, 0.3) is 0 Å². The van der Waals surface area contributed by atoms with E-state index in [9.17, 15) is 4.79 Å². The Morgan fingerprint density at radius 2 is 2.00 bits per heavy atom. The monoisotopic (exact) mass is 231 g/mol. The molecule has 1 aliphatic rings. The van der Waals surface area contributed by atoms with Gasteiger partial charge in [-0.15, -0.1) is 0 Å². The predicted octanol–water partition coefficient (Wildman–Crippen LogP) is 2.88. The summed E-state index contributed by atoms with van der Waals surface area (Å²) in [4.78, 5) is 13.9. The molecule has 0 amide bonds. The van der Waals surface area contributed by atoms with E-state index in [1.165, 1.54) is 5.56 Å². The van der Waals surface area contributed by atoms with Crippen LogP contribution in [0.4, 0.5) is 0 Å². The molecule has 0 saturated carbocycles. The molecule has 2 nitrogen and oxygen atoms in total. The zero-order chi connectivity index (χ0) is 12.1. The van der Waals surface area contributed by atoms with Gasteiger partial charge in [0, 0.05) is 12.5 Å². The van der Waals surface area contributed by atoms with E-state index in [2.05, 4.69) is 35.2 Å². The Morgan fingerprint density at radius 1 is 1.24 bits per heavy atom. The van der Waals surface area contributed by atoms with Gasteiger partial charge < -0.3 is 0 Å². The zero-order valence-corrected chi connectivity index (χ0v) is 10.6. The van der Waals surface area contributed by atoms with Gasteiger partial charge in [-0.3, -0.25) is 9.69 Å². The van der Waals surface area contributed by atoms with E-state index < -0.39 is 0 Å². The Hall–Kier alpha value is -1.15. The second-order valence-electron chi connectivity index (χ2n) is 5.00. The fourth-order valence-electron chi connectivity index (χ4n) is 2.56. The number of carbonyl (C=O) groups is 1. The molecule has 2 rings (SSSR count). The SMILES string of the molecule is CC(=O)C1CCCN(Cc2ccccc2)CC1. The molecule has 1 aliphatic heterocycles. The number of carbonyl (C=O) groups excluding carboxylic acids is 1. The van der Waals surface area contributed by atoms with Crippen LogP contribution >= 0.6 is 0 Å². The topological polar surface area (TPSA) is 20.3 Å². The summed E-state index contributed by atoms with van der Waals surface area (Å²) < 4.78 is 0. The second kappa shape index (κ2) is 5.97. The lowest BCUT2D eigenvalue weighted by Crippen LogP contribution is -2.24. The van der Waals surface area contributed by atoms with Crippen LogP contribution in [0.25, 0.3) is 0 Å². The Bertz CT molecular complexity index is 360. The molecule has 0 aliphatic carbocycles. The van der Waals surface area contributed by atoms with Crippen molar-refractivity contribution >= 4 is 5.78 Å². The number of ketones is 1. The highest BCUT2D eigenvalue weighted by molar-refractivity contribution is 5.78. The van der Waals surface area contributed by atoms with Crippen molar-refractivity contribution in [2.24, 2.45) is 5.92 Å². The van der Waals surface area contributed by atoms with E-state index in [1.807, 2.05) is 0 Å². The van der Waals surface area contributed by atoms with Gasteiger partial charge in [0.2, 0.25) is 0 Å². The van der Waals surface area contributed by atoms with Gasteiger partial charge in [0.05, 0.1) is 0 Å². The molecule has 1 heterocycles. The lowest BCUT2D eigenvalue weighted by Gasteiger charge is -2.19. The van der Waals surface area contributed by atoms with Crippen LogP contribution in [0.5, 0.6) is 0 Å². The third kappa shape index (κ3) is 3.67. The Balaban J connectivity index is 1.89. The third-order valence-electron chi connectivity index (χ3n) is 3.64. The zero-order valence-electron chi connectivity index (χ0n) is 10.6. The van der Waals surface area contributed by atoms with Crippen LogP contribution in [-0.2, 0) is 11.3 Å². The number of rotatable bonds is 3. The summed E-state index contributed by atoms with van der Waals surface area (Å²) in [5.41, 5.74) is 1.37. The molecule has 0 radical (unpaired) electrons. The molecule has 92 valence electrons. The lowest BCUT2D eigenvalue weighted by molar-refractivity contribution is -0.121. The maximum atomic E-state index is 11.4. The number of nitrogens with zero attached hydrogens (tertiary/aromatic N) is 1. The second-order valence-corrected chi connectivity index (χ2v) is 5.00. The molecule has 0 spiro atoms. The van der Waals surface area contributed by atoms with Gasteiger partial charge in [-0.05, 0) is 44.8 Å². The van der Waals surface area contributed by atoms with Crippen LogP contribution < -0.4 is 0 Å². The lowest BCUT2D eigenvalue weighted by atomic mass is 9.97. The van der Waals surface area contributed by atoms with E-state index in [1.54, 1.807) is 6.92 Å². The van der Waals surface area contributed by atoms with Crippen LogP contribution in [0.1, 0.15) is 31.7 Å². The van der Waals surface area contributed by atoms with Crippen molar-refractivity contribution in [3.63, 3.8) is 0 Å². The third-order valence-corrected chi connectivity index (χ3v) is 3.64. The molecule has 1 atom stereocenters. The van der Waals surface area contributed by atoms with Gasteiger partial charge in [0.1, 0.15) is 5.78 Å². The summed E-state index contributed by atoms with van der Waals surface area (Å²) in [6.07, 6.45) is 3.25. The van der Waals surface area contributed by atoms with E-state index in [0.29, 0.717) is 11.7 Å². The summed E-state index contributed by atoms with van der Waals surface area (Å²) in [5, 5.41) is 0. The maximum Gasteiger partial charge on any atom is 0.132 e. The van der Waals surface area contributed by atoms with Crippen LogP contribution in [0.3, 0.4) is 0 Å². The van der Waals surface area contributed by atoms with Crippen molar-refractivity contribution in [2.75, 3.05) is 13.1 Å². The van der Waals surface area contributed by atoms with Gasteiger partial charge >= 0.3 is 0 Å². The quantitative estimate of drug-likeness (QED) is 0.797. The highest BCUT2D eigenvalue weighted by Gasteiger charge is 2.19. The van der Waals surface area contributed by atoms with Crippen LogP contribution in [0.15, 0.2) is 30.3 Å². The standard InChI is InChI=1S/C15H21NO/c1-13(17)15-8-5-10-16(11-9-15)12-14-6-3-2-4-7-14/h2-4,6-7,15H,5,8-12H2,1H3. The van der Waals surface area contributed by atoms with Crippen LogP contribution in [0.2, 0.25) is 0 Å². The van der Waals surface area contributed by atoms with E-state index in [0.717, 1.165) is 38.9 Å². The number of benzene rings is 1. The number of Topliss-reactive ketones (excluding diaryl/α,β-unsaturated/α-hetero) is 1. The normalized spacial score (nSPS) is 22.1. The molecule has 1 unspecified atom stereocenters. The summed E-state index contributed by atoms with van der Waals surface area (Å²) in [6, 6.07) is 10.6. The van der Waals surface area contributed by atoms with Crippen molar-refractivity contribution in [2.45, 2.75) is 32.7 Å². The van der Waals surface area contributed by atoms with Gasteiger partial charge in [-0.2, -0.15) is 0 Å². The van der Waals surface area contributed by atoms with Gasteiger partial charge in [0.15, 0.2) is 0 Å². The minimum absolute atomic E-state index is 0.302. The molecule has 0 aromatic heterocycles. The minimum atomic E-state index is 0.302. The van der Waals surface area contributed by atoms with E-state index in [4.69, 9.17) is 0 Å². The molecule has 2 heteroatoms. The van der Waals surface area contributed by atoms with Gasteiger partial charge in [-0.25, -0.2) is 0 Å². The maximum absolute atomic E-state index is 11.4. The first-order valence-electron chi connectivity index (χ1n) is 6.52. The highest BCUT2D eigenvalue weighted by Crippen LogP contribution is 2.19. The molecule has 1 aromatic rings.